The molecule has 2 N–H and O–H groups in total. The molecule has 0 saturated carbocycles. The van der Waals surface area contributed by atoms with Gasteiger partial charge in [-0.15, -0.1) is 0 Å². The molecule has 0 amide bonds. The maximum absolute atomic E-state index is 8.60. The van der Waals surface area contributed by atoms with Gasteiger partial charge in [0.25, 0.3) is 0 Å². The second-order valence-electron chi connectivity index (χ2n) is 6.82. The van der Waals surface area contributed by atoms with Crippen LogP contribution in [0.25, 0.3) is 28.1 Å². The van der Waals surface area contributed by atoms with Crippen LogP contribution in [0, 0.1) is 5.41 Å². The zero-order valence-corrected chi connectivity index (χ0v) is 17.9. The van der Waals surface area contributed by atoms with Crippen LogP contribution in [-0.4, -0.2) is 14.5 Å². The van der Waals surface area contributed by atoms with Gasteiger partial charge >= 0.3 is 0 Å². The van der Waals surface area contributed by atoms with E-state index in [1.165, 1.54) is 0 Å². The Balaban J connectivity index is 1.75. The van der Waals surface area contributed by atoms with E-state index < -0.39 is 0 Å². The van der Waals surface area contributed by atoms with Gasteiger partial charge in [-0.2, -0.15) is 0 Å². The Bertz CT molecular complexity index is 1410. The molecule has 0 atom stereocenters. The Labute approximate surface area is 186 Å². The molecule has 0 saturated heterocycles. The number of nitrogens with zero attached hydrogens (tertiary/aromatic N) is 3. The standard InChI is InChI=1S/C23H15BrClN5/c24-14-9-16(13-27-12-14)28-20-11-21-23(10-18(20)26)30(17-7-5-15(25)6-8-17)22-4-2-1-3-19(22)29-21/h1-13,26,28H. The third-order valence-electron chi connectivity index (χ3n) is 4.79. The van der Waals surface area contributed by atoms with Crippen LogP contribution in [0.5, 0.6) is 0 Å². The number of pyridine rings is 1. The highest BCUT2D eigenvalue weighted by Crippen LogP contribution is 2.30. The smallest absolute Gasteiger partial charge is 0.0900 e. The summed E-state index contributed by atoms with van der Waals surface area (Å²) in [5.41, 5.74) is 5.87. The van der Waals surface area contributed by atoms with Gasteiger partial charge < -0.3 is 9.88 Å². The van der Waals surface area contributed by atoms with E-state index >= 15 is 0 Å². The summed E-state index contributed by atoms with van der Waals surface area (Å²) >= 11 is 9.53. The summed E-state index contributed by atoms with van der Waals surface area (Å²) in [6, 6.07) is 21.3. The summed E-state index contributed by atoms with van der Waals surface area (Å²) in [6.07, 6.45) is 3.44. The minimum Gasteiger partial charge on any atom is -0.352 e. The molecule has 1 aliphatic carbocycles. The average Bonchev–Trinajstić information content (AvgIpc) is 2.74. The lowest BCUT2D eigenvalue weighted by molar-refractivity contribution is 1.07. The molecule has 5 nitrogen and oxygen atoms in total. The molecule has 1 aromatic heterocycles. The minimum atomic E-state index is 0.363. The molecule has 3 aromatic rings. The maximum Gasteiger partial charge on any atom is 0.0900 e. The molecule has 0 fully saturated rings. The molecule has 146 valence electrons. The van der Waals surface area contributed by atoms with Gasteiger partial charge in [0.2, 0.25) is 0 Å². The summed E-state index contributed by atoms with van der Waals surface area (Å²) in [5, 5.41) is 12.9. The Hall–Kier alpha value is -3.22. The Morgan fingerprint density at radius 1 is 0.967 bits per heavy atom. The average molecular weight is 477 g/mol. The number of aromatic nitrogens is 3. The SMILES string of the molecule is N=c1cc2n(-c3ccc(Cl)cc3)c3ccccc3nc-2cc1Nc1cncc(Br)c1. The van der Waals surface area contributed by atoms with E-state index in [9.17, 15) is 0 Å². The second-order valence-corrected chi connectivity index (χ2v) is 8.17. The van der Waals surface area contributed by atoms with E-state index in [-0.39, 0.29) is 0 Å². The lowest BCUT2D eigenvalue weighted by Crippen LogP contribution is -2.13. The number of fused-ring (bicyclic) bond motifs is 2. The highest BCUT2D eigenvalue weighted by Gasteiger charge is 2.16. The predicted molar refractivity (Wildman–Crippen MR) is 124 cm³/mol. The number of para-hydroxylation sites is 2. The first kappa shape index (κ1) is 18.8. The van der Waals surface area contributed by atoms with Gasteiger partial charge in [-0.25, -0.2) is 4.98 Å². The number of benzene rings is 3. The molecule has 0 unspecified atom stereocenters. The topological polar surface area (TPSA) is 66.6 Å². The molecule has 30 heavy (non-hydrogen) atoms. The van der Waals surface area contributed by atoms with Gasteiger partial charge in [-0.1, -0.05) is 23.7 Å². The van der Waals surface area contributed by atoms with Crippen LogP contribution in [0.1, 0.15) is 0 Å². The van der Waals surface area contributed by atoms with Crippen LogP contribution in [0.2, 0.25) is 5.02 Å². The molecule has 0 radical (unpaired) electrons. The van der Waals surface area contributed by atoms with E-state index in [1.54, 1.807) is 12.4 Å². The fourth-order valence-electron chi connectivity index (χ4n) is 3.46. The molecule has 2 heterocycles. The van der Waals surface area contributed by atoms with Crippen molar-refractivity contribution in [2.24, 2.45) is 0 Å². The van der Waals surface area contributed by atoms with Crippen molar-refractivity contribution in [1.82, 2.24) is 14.5 Å². The zero-order chi connectivity index (χ0) is 20.7. The predicted octanol–water partition coefficient (Wildman–Crippen LogP) is 6.16. The molecule has 7 heteroatoms. The first-order valence-corrected chi connectivity index (χ1v) is 10.4. The number of hydrogen-bond acceptors (Lipinski definition) is 4. The highest BCUT2D eigenvalue weighted by molar-refractivity contribution is 9.10. The first-order chi connectivity index (χ1) is 14.6. The van der Waals surface area contributed by atoms with Crippen LogP contribution in [0.3, 0.4) is 0 Å². The summed E-state index contributed by atoms with van der Waals surface area (Å²) < 4.78 is 2.97. The fourth-order valence-corrected chi connectivity index (χ4v) is 3.95. The Kier molecular flexibility index (Phi) is 4.73. The van der Waals surface area contributed by atoms with Crippen molar-refractivity contribution < 1.29 is 0 Å². The van der Waals surface area contributed by atoms with Gasteiger partial charge in [0.1, 0.15) is 0 Å². The lowest BCUT2D eigenvalue weighted by Gasteiger charge is -2.20. The van der Waals surface area contributed by atoms with Crippen molar-refractivity contribution in [3.05, 3.63) is 94.0 Å². The van der Waals surface area contributed by atoms with Crippen LogP contribution < -0.4 is 10.7 Å². The monoisotopic (exact) mass is 475 g/mol. The van der Waals surface area contributed by atoms with Gasteiger partial charge in [0, 0.05) is 21.4 Å². The van der Waals surface area contributed by atoms with Crippen LogP contribution in [0.4, 0.5) is 11.4 Å². The third kappa shape index (κ3) is 3.44. The summed E-state index contributed by atoms with van der Waals surface area (Å²) in [5.74, 6) is 0. The van der Waals surface area contributed by atoms with E-state index in [0.717, 1.165) is 38.3 Å². The van der Waals surface area contributed by atoms with Crippen molar-refractivity contribution in [2.45, 2.75) is 0 Å². The van der Waals surface area contributed by atoms with Crippen molar-refractivity contribution in [1.29, 1.82) is 5.41 Å². The van der Waals surface area contributed by atoms with Gasteiger partial charge in [0.05, 0.1) is 45.4 Å². The molecule has 0 bridgehead atoms. The minimum absolute atomic E-state index is 0.363. The van der Waals surface area contributed by atoms with Crippen LogP contribution in [-0.2, 0) is 0 Å². The molecule has 0 spiro atoms. The maximum atomic E-state index is 8.60. The van der Waals surface area contributed by atoms with E-state index in [4.69, 9.17) is 22.0 Å². The summed E-state index contributed by atoms with van der Waals surface area (Å²) in [7, 11) is 0. The molecule has 2 aromatic carbocycles. The zero-order valence-electron chi connectivity index (χ0n) is 15.6. The van der Waals surface area contributed by atoms with E-state index in [0.29, 0.717) is 16.1 Å². The summed E-state index contributed by atoms with van der Waals surface area (Å²) in [4.78, 5) is 9.02. The van der Waals surface area contributed by atoms with Crippen LogP contribution in [0.15, 0.2) is 83.6 Å². The number of nitrogens with one attached hydrogen (secondary N) is 2. The number of hydrogen-bond donors (Lipinski definition) is 2. The fraction of sp³-hybridized carbons (Fsp3) is 0. The number of halogens is 2. The Morgan fingerprint density at radius 2 is 1.77 bits per heavy atom. The molecular weight excluding hydrogens is 462 g/mol. The van der Waals surface area contributed by atoms with Gasteiger partial charge in [-0.3, -0.25) is 10.4 Å². The number of anilines is 2. The molecule has 2 aliphatic rings. The van der Waals surface area contributed by atoms with Crippen LogP contribution >= 0.6 is 27.5 Å². The molecule has 1 aliphatic heterocycles. The first-order valence-electron chi connectivity index (χ1n) is 9.22. The van der Waals surface area contributed by atoms with E-state index in [1.807, 2.05) is 66.7 Å². The summed E-state index contributed by atoms with van der Waals surface area (Å²) in [6.45, 7) is 0. The number of rotatable bonds is 3. The van der Waals surface area contributed by atoms with Gasteiger partial charge in [-0.05, 0) is 70.5 Å². The third-order valence-corrected chi connectivity index (χ3v) is 5.47. The normalized spacial score (nSPS) is 11.1. The largest absolute Gasteiger partial charge is 0.352 e. The second kappa shape index (κ2) is 7.55. The van der Waals surface area contributed by atoms with E-state index in [2.05, 4.69) is 30.8 Å². The quantitative estimate of drug-likeness (QED) is 0.306. The Morgan fingerprint density at radius 3 is 2.57 bits per heavy atom. The van der Waals surface area contributed by atoms with Crippen molar-refractivity contribution in [3.63, 3.8) is 0 Å². The van der Waals surface area contributed by atoms with Gasteiger partial charge in [0.15, 0.2) is 0 Å². The molecule has 5 rings (SSSR count). The molecular formula is C23H15BrClN5. The van der Waals surface area contributed by atoms with Crippen molar-refractivity contribution in [3.8, 4) is 17.1 Å². The van der Waals surface area contributed by atoms with Crippen molar-refractivity contribution >= 4 is 49.9 Å². The lowest BCUT2D eigenvalue weighted by atomic mass is 10.1. The van der Waals surface area contributed by atoms with Crippen molar-refractivity contribution in [2.75, 3.05) is 5.32 Å². The highest BCUT2D eigenvalue weighted by atomic mass is 79.9.